The van der Waals surface area contributed by atoms with Gasteiger partial charge in [0.2, 0.25) is 0 Å². The molecular formula is C13H14F2O2. The van der Waals surface area contributed by atoms with Gasteiger partial charge in [0.1, 0.15) is 0 Å². The molecule has 0 bridgehead atoms. The number of carboxylic acid groups (broad SMARTS) is 1. The van der Waals surface area contributed by atoms with Crippen LogP contribution in [0, 0.1) is 6.92 Å². The van der Waals surface area contributed by atoms with E-state index in [1.807, 2.05) is 0 Å². The summed E-state index contributed by atoms with van der Waals surface area (Å²) in [4.78, 5) is 10.8. The topological polar surface area (TPSA) is 37.3 Å². The summed E-state index contributed by atoms with van der Waals surface area (Å²) < 4.78 is 25.5. The number of carboxylic acids is 1. The number of benzene rings is 1. The predicted molar refractivity (Wildman–Crippen MR) is 59.3 cm³/mol. The van der Waals surface area contributed by atoms with Gasteiger partial charge in [-0.05, 0) is 37.0 Å². The maximum absolute atomic E-state index is 12.8. The number of aliphatic carboxylic acids is 1. The lowest BCUT2D eigenvalue weighted by Gasteiger charge is -2.15. The van der Waals surface area contributed by atoms with E-state index in [2.05, 4.69) is 0 Å². The summed E-state index contributed by atoms with van der Waals surface area (Å²) in [7, 11) is 0. The molecule has 0 spiro atoms. The highest BCUT2D eigenvalue weighted by molar-refractivity contribution is 5.70. The molecule has 1 fully saturated rings. The summed E-state index contributed by atoms with van der Waals surface area (Å²) in [5.74, 6) is -0.873. The minimum absolute atomic E-state index is 0.0131. The van der Waals surface area contributed by atoms with Gasteiger partial charge < -0.3 is 5.11 Å². The van der Waals surface area contributed by atoms with E-state index in [9.17, 15) is 13.6 Å². The van der Waals surface area contributed by atoms with E-state index < -0.39 is 17.8 Å². The Labute approximate surface area is 98.3 Å². The van der Waals surface area contributed by atoms with Crippen molar-refractivity contribution in [2.75, 3.05) is 0 Å². The molecule has 1 saturated carbocycles. The smallest absolute Gasteiger partial charge is 0.304 e. The van der Waals surface area contributed by atoms with E-state index in [0.29, 0.717) is 5.56 Å². The number of carbonyl (C=O) groups is 1. The summed E-state index contributed by atoms with van der Waals surface area (Å²) >= 11 is 0. The molecule has 4 heteroatoms. The summed E-state index contributed by atoms with van der Waals surface area (Å²) in [6.45, 7) is 1.64. The van der Waals surface area contributed by atoms with Crippen molar-refractivity contribution >= 4 is 5.97 Å². The van der Waals surface area contributed by atoms with E-state index >= 15 is 0 Å². The fourth-order valence-electron chi connectivity index (χ4n) is 2.21. The Balaban J connectivity index is 2.34. The highest BCUT2D eigenvalue weighted by Gasteiger charge is 2.46. The Hall–Kier alpha value is -1.45. The molecule has 2 rings (SSSR count). The van der Waals surface area contributed by atoms with Gasteiger partial charge in [-0.15, -0.1) is 0 Å². The lowest BCUT2D eigenvalue weighted by molar-refractivity contribution is -0.137. The molecule has 1 aliphatic rings. The maximum atomic E-state index is 12.8. The summed E-state index contributed by atoms with van der Waals surface area (Å²) in [6, 6.07) is 4.89. The van der Waals surface area contributed by atoms with Crippen LogP contribution in [-0.4, -0.2) is 11.1 Å². The van der Waals surface area contributed by atoms with Gasteiger partial charge in [-0.25, -0.2) is 8.78 Å². The monoisotopic (exact) mass is 240 g/mol. The molecule has 2 nitrogen and oxygen atoms in total. The third kappa shape index (κ3) is 2.30. The van der Waals surface area contributed by atoms with Crippen LogP contribution >= 0.6 is 0 Å². The van der Waals surface area contributed by atoms with Gasteiger partial charge in [0.15, 0.2) is 0 Å². The molecule has 0 radical (unpaired) electrons. The van der Waals surface area contributed by atoms with Crippen LogP contribution in [0.25, 0.3) is 0 Å². The first-order chi connectivity index (χ1) is 7.94. The molecule has 17 heavy (non-hydrogen) atoms. The Morgan fingerprint density at radius 2 is 2.12 bits per heavy atom. The van der Waals surface area contributed by atoms with Gasteiger partial charge in [0.25, 0.3) is 6.43 Å². The van der Waals surface area contributed by atoms with Crippen LogP contribution in [0.3, 0.4) is 0 Å². The second kappa shape index (κ2) is 4.09. The second-order valence-corrected chi connectivity index (χ2v) is 4.72. The predicted octanol–water partition coefficient (Wildman–Crippen LogP) is 3.44. The summed E-state index contributed by atoms with van der Waals surface area (Å²) in [5, 5.41) is 8.84. The average Bonchev–Trinajstić information content (AvgIpc) is 2.97. The SMILES string of the molecule is Cc1ccc(C2(CC(=O)O)CC2)cc1C(F)F. The van der Waals surface area contributed by atoms with Crippen LogP contribution < -0.4 is 0 Å². The Morgan fingerprint density at radius 1 is 1.47 bits per heavy atom. The zero-order valence-corrected chi connectivity index (χ0v) is 9.54. The standard InChI is InChI=1S/C13H14F2O2/c1-8-2-3-9(6-10(8)12(14)15)13(4-5-13)7-11(16)17/h2-3,6,12H,4-5,7H2,1H3,(H,16,17). The van der Waals surface area contributed by atoms with Crippen molar-refractivity contribution in [3.05, 3.63) is 34.9 Å². The van der Waals surface area contributed by atoms with E-state index in [0.717, 1.165) is 18.4 Å². The van der Waals surface area contributed by atoms with Crippen molar-refractivity contribution in [2.45, 2.75) is 38.0 Å². The van der Waals surface area contributed by atoms with Crippen LogP contribution in [-0.2, 0) is 10.2 Å². The zero-order chi connectivity index (χ0) is 12.6. The normalized spacial score (nSPS) is 17.2. The number of halogens is 2. The van der Waals surface area contributed by atoms with Crippen molar-refractivity contribution in [1.29, 1.82) is 0 Å². The molecule has 0 saturated heterocycles. The van der Waals surface area contributed by atoms with E-state index in [1.165, 1.54) is 6.07 Å². The van der Waals surface area contributed by atoms with Crippen molar-refractivity contribution in [2.24, 2.45) is 0 Å². The third-order valence-electron chi connectivity index (χ3n) is 3.47. The average molecular weight is 240 g/mol. The van der Waals surface area contributed by atoms with Crippen LogP contribution in [0.4, 0.5) is 8.78 Å². The van der Waals surface area contributed by atoms with Gasteiger partial charge in [0, 0.05) is 11.0 Å². The Bertz CT molecular complexity index is 451. The first kappa shape index (κ1) is 12.0. The number of aryl methyl sites for hydroxylation is 1. The first-order valence-corrected chi connectivity index (χ1v) is 5.56. The minimum Gasteiger partial charge on any atom is -0.481 e. The van der Waals surface area contributed by atoms with Crippen molar-refractivity contribution in [1.82, 2.24) is 0 Å². The molecule has 1 aromatic rings. The van der Waals surface area contributed by atoms with E-state index in [1.54, 1.807) is 19.1 Å². The number of alkyl halides is 2. The molecule has 0 amide bonds. The van der Waals surface area contributed by atoms with Crippen molar-refractivity contribution in [3.63, 3.8) is 0 Å². The Kier molecular flexibility index (Phi) is 2.89. The van der Waals surface area contributed by atoms with Crippen LogP contribution in [0.2, 0.25) is 0 Å². The van der Waals surface area contributed by atoms with Gasteiger partial charge in [-0.2, -0.15) is 0 Å². The fraction of sp³-hybridized carbons (Fsp3) is 0.462. The molecule has 0 aliphatic heterocycles. The molecule has 0 heterocycles. The zero-order valence-electron chi connectivity index (χ0n) is 9.54. The molecule has 0 unspecified atom stereocenters. The van der Waals surface area contributed by atoms with E-state index in [4.69, 9.17) is 5.11 Å². The highest BCUT2D eigenvalue weighted by Crippen LogP contribution is 2.51. The third-order valence-corrected chi connectivity index (χ3v) is 3.47. The second-order valence-electron chi connectivity index (χ2n) is 4.72. The van der Waals surface area contributed by atoms with Crippen LogP contribution in [0.15, 0.2) is 18.2 Å². The van der Waals surface area contributed by atoms with Crippen LogP contribution in [0.5, 0.6) is 0 Å². The lowest BCUT2D eigenvalue weighted by atomic mass is 9.90. The van der Waals surface area contributed by atoms with Gasteiger partial charge in [-0.3, -0.25) is 4.79 Å². The highest BCUT2D eigenvalue weighted by atomic mass is 19.3. The largest absolute Gasteiger partial charge is 0.481 e. The molecule has 0 atom stereocenters. The van der Waals surface area contributed by atoms with Gasteiger partial charge >= 0.3 is 5.97 Å². The van der Waals surface area contributed by atoms with Gasteiger partial charge in [-0.1, -0.05) is 12.1 Å². The molecule has 1 N–H and O–H groups in total. The number of hydrogen-bond donors (Lipinski definition) is 1. The molecule has 92 valence electrons. The van der Waals surface area contributed by atoms with Gasteiger partial charge in [0.05, 0.1) is 6.42 Å². The number of rotatable bonds is 4. The fourth-order valence-corrected chi connectivity index (χ4v) is 2.21. The first-order valence-electron chi connectivity index (χ1n) is 5.56. The number of hydrogen-bond acceptors (Lipinski definition) is 1. The summed E-state index contributed by atoms with van der Waals surface area (Å²) in [5.41, 5.74) is 0.901. The van der Waals surface area contributed by atoms with Crippen molar-refractivity contribution in [3.8, 4) is 0 Å². The lowest BCUT2D eigenvalue weighted by Crippen LogP contribution is -2.13. The molecule has 0 aromatic heterocycles. The van der Waals surface area contributed by atoms with E-state index in [-0.39, 0.29) is 12.0 Å². The van der Waals surface area contributed by atoms with Crippen molar-refractivity contribution < 1.29 is 18.7 Å². The quantitative estimate of drug-likeness (QED) is 0.875. The Morgan fingerprint density at radius 3 is 2.59 bits per heavy atom. The minimum atomic E-state index is -2.50. The summed E-state index contributed by atoms with van der Waals surface area (Å²) in [6.07, 6.45) is -0.940. The maximum Gasteiger partial charge on any atom is 0.304 e. The molecule has 1 aromatic carbocycles. The molecule has 1 aliphatic carbocycles. The molecular weight excluding hydrogens is 226 g/mol. The van der Waals surface area contributed by atoms with Crippen LogP contribution in [0.1, 0.15) is 42.4 Å².